The smallest absolute Gasteiger partial charge is 0.0897 e. The molecule has 114 valence electrons. The Morgan fingerprint density at radius 3 is 2.33 bits per heavy atom. The number of benzene rings is 1. The first-order valence-electron chi connectivity index (χ1n) is 7.56. The molecule has 1 heterocycles. The van der Waals surface area contributed by atoms with Crippen LogP contribution < -0.4 is 5.32 Å². The Bertz CT molecular complexity index is 564. The number of hydrogen-bond donors (Lipinski definition) is 1. The summed E-state index contributed by atoms with van der Waals surface area (Å²) in [6, 6.07) is 8.91. The van der Waals surface area contributed by atoms with Gasteiger partial charge in [0.25, 0.3) is 0 Å². The Morgan fingerprint density at radius 1 is 1.14 bits per heavy atom. The third-order valence-electron chi connectivity index (χ3n) is 3.55. The highest BCUT2D eigenvalue weighted by molar-refractivity contribution is 7.09. The molecule has 0 aliphatic heterocycles. The summed E-state index contributed by atoms with van der Waals surface area (Å²) in [5.41, 5.74) is 4.05. The maximum atomic E-state index is 4.63. The van der Waals surface area contributed by atoms with Crippen LogP contribution in [-0.2, 0) is 6.42 Å². The molecule has 1 aromatic heterocycles. The van der Waals surface area contributed by atoms with Crippen molar-refractivity contribution < 1.29 is 0 Å². The Balaban J connectivity index is 2.15. The molecule has 1 N–H and O–H groups in total. The molecule has 2 rings (SSSR count). The summed E-state index contributed by atoms with van der Waals surface area (Å²) in [6.45, 7) is 11.8. The molecule has 2 nitrogen and oxygen atoms in total. The largest absolute Gasteiger partial charge is 0.311 e. The van der Waals surface area contributed by atoms with E-state index < -0.39 is 0 Å². The maximum absolute atomic E-state index is 4.63. The SMILES string of the molecule is Cc1ccc(C(CNC(C)(C)C)Cc2csc(C)n2)cc1. The van der Waals surface area contributed by atoms with Crippen molar-refractivity contribution in [2.45, 2.75) is 52.5 Å². The number of nitrogens with one attached hydrogen (secondary N) is 1. The van der Waals surface area contributed by atoms with E-state index in [1.807, 2.05) is 0 Å². The molecule has 1 atom stereocenters. The lowest BCUT2D eigenvalue weighted by Crippen LogP contribution is -2.39. The van der Waals surface area contributed by atoms with Crippen LogP contribution in [0.15, 0.2) is 29.6 Å². The third-order valence-corrected chi connectivity index (χ3v) is 4.37. The maximum Gasteiger partial charge on any atom is 0.0897 e. The van der Waals surface area contributed by atoms with E-state index >= 15 is 0 Å². The lowest BCUT2D eigenvalue weighted by Gasteiger charge is -2.25. The molecule has 0 radical (unpaired) electrons. The van der Waals surface area contributed by atoms with Gasteiger partial charge in [-0.05, 0) is 46.6 Å². The number of aromatic nitrogens is 1. The topological polar surface area (TPSA) is 24.9 Å². The van der Waals surface area contributed by atoms with Crippen molar-refractivity contribution in [1.29, 1.82) is 0 Å². The molecule has 0 saturated heterocycles. The van der Waals surface area contributed by atoms with Crippen LogP contribution in [-0.4, -0.2) is 17.1 Å². The van der Waals surface area contributed by atoms with E-state index in [-0.39, 0.29) is 5.54 Å². The van der Waals surface area contributed by atoms with E-state index in [2.05, 4.69) is 74.6 Å². The third kappa shape index (κ3) is 5.25. The van der Waals surface area contributed by atoms with Crippen molar-refractivity contribution in [3.8, 4) is 0 Å². The van der Waals surface area contributed by atoms with Gasteiger partial charge in [0.05, 0.1) is 10.7 Å². The highest BCUT2D eigenvalue weighted by atomic mass is 32.1. The highest BCUT2D eigenvalue weighted by Crippen LogP contribution is 2.22. The second-order valence-corrected chi connectivity index (χ2v) is 7.86. The second-order valence-electron chi connectivity index (χ2n) is 6.80. The standard InChI is InChI=1S/C18H26N2S/c1-13-6-8-15(9-7-13)16(11-19-18(3,4)5)10-17-12-21-14(2)20-17/h6-9,12,16,19H,10-11H2,1-5H3. The minimum atomic E-state index is 0.140. The highest BCUT2D eigenvalue weighted by Gasteiger charge is 2.17. The van der Waals surface area contributed by atoms with Crippen LogP contribution in [0.5, 0.6) is 0 Å². The Kier molecular flexibility index (Phi) is 5.17. The van der Waals surface area contributed by atoms with E-state index in [0.29, 0.717) is 5.92 Å². The van der Waals surface area contributed by atoms with Gasteiger partial charge >= 0.3 is 0 Å². The van der Waals surface area contributed by atoms with E-state index in [1.54, 1.807) is 11.3 Å². The summed E-state index contributed by atoms with van der Waals surface area (Å²) in [7, 11) is 0. The fourth-order valence-electron chi connectivity index (χ4n) is 2.33. The quantitative estimate of drug-likeness (QED) is 0.881. The number of nitrogens with zero attached hydrogens (tertiary/aromatic N) is 1. The van der Waals surface area contributed by atoms with Crippen LogP contribution >= 0.6 is 11.3 Å². The first kappa shape index (κ1) is 16.2. The zero-order valence-electron chi connectivity index (χ0n) is 13.7. The molecule has 0 amide bonds. The second kappa shape index (κ2) is 6.71. The van der Waals surface area contributed by atoms with Gasteiger partial charge in [0.2, 0.25) is 0 Å². The molecule has 0 aliphatic rings. The summed E-state index contributed by atoms with van der Waals surface area (Å²) >= 11 is 1.74. The summed E-state index contributed by atoms with van der Waals surface area (Å²) in [6.07, 6.45) is 0.997. The monoisotopic (exact) mass is 302 g/mol. The summed E-state index contributed by atoms with van der Waals surface area (Å²) in [4.78, 5) is 4.63. The van der Waals surface area contributed by atoms with Crippen LogP contribution in [0.2, 0.25) is 0 Å². The van der Waals surface area contributed by atoms with Crippen LogP contribution in [0.1, 0.15) is 48.5 Å². The molecule has 0 saturated carbocycles. The zero-order chi connectivity index (χ0) is 15.5. The molecule has 0 bridgehead atoms. The molecule has 2 aromatic rings. The van der Waals surface area contributed by atoms with E-state index in [1.165, 1.54) is 16.8 Å². The lowest BCUT2D eigenvalue weighted by atomic mass is 9.92. The minimum Gasteiger partial charge on any atom is -0.311 e. The van der Waals surface area contributed by atoms with Crippen LogP contribution in [0, 0.1) is 13.8 Å². The van der Waals surface area contributed by atoms with Gasteiger partial charge in [0, 0.05) is 23.4 Å². The van der Waals surface area contributed by atoms with Crippen molar-refractivity contribution in [1.82, 2.24) is 10.3 Å². The molecule has 0 aliphatic carbocycles. The van der Waals surface area contributed by atoms with Gasteiger partial charge in [-0.1, -0.05) is 29.8 Å². The number of aryl methyl sites for hydroxylation is 2. The normalized spacial score (nSPS) is 13.4. The molecular weight excluding hydrogens is 276 g/mol. The van der Waals surface area contributed by atoms with Gasteiger partial charge in [-0.25, -0.2) is 4.98 Å². The van der Waals surface area contributed by atoms with Crippen LogP contribution in [0.4, 0.5) is 0 Å². The van der Waals surface area contributed by atoms with Crippen LogP contribution in [0.3, 0.4) is 0 Å². The molecule has 1 aromatic carbocycles. The van der Waals surface area contributed by atoms with Gasteiger partial charge in [0.1, 0.15) is 0 Å². The van der Waals surface area contributed by atoms with Crippen molar-refractivity contribution in [2.75, 3.05) is 6.54 Å². The minimum absolute atomic E-state index is 0.140. The van der Waals surface area contributed by atoms with E-state index in [4.69, 9.17) is 0 Å². The van der Waals surface area contributed by atoms with Gasteiger partial charge in [-0.3, -0.25) is 0 Å². The molecule has 21 heavy (non-hydrogen) atoms. The number of thiazole rings is 1. The predicted molar refractivity (Wildman–Crippen MR) is 92.2 cm³/mol. The lowest BCUT2D eigenvalue weighted by molar-refractivity contribution is 0.404. The van der Waals surface area contributed by atoms with Crippen molar-refractivity contribution in [2.24, 2.45) is 0 Å². The van der Waals surface area contributed by atoms with Crippen molar-refractivity contribution in [3.63, 3.8) is 0 Å². The molecule has 3 heteroatoms. The Labute approximate surface area is 132 Å². The summed E-state index contributed by atoms with van der Waals surface area (Å²) in [5.74, 6) is 0.464. The van der Waals surface area contributed by atoms with Gasteiger partial charge in [-0.15, -0.1) is 11.3 Å². The zero-order valence-corrected chi connectivity index (χ0v) is 14.6. The van der Waals surface area contributed by atoms with E-state index in [0.717, 1.165) is 18.0 Å². The fraction of sp³-hybridized carbons (Fsp3) is 0.500. The Morgan fingerprint density at radius 2 is 1.81 bits per heavy atom. The van der Waals surface area contributed by atoms with Gasteiger partial charge in [-0.2, -0.15) is 0 Å². The van der Waals surface area contributed by atoms with Crippen LogP contribution in [0.25, 0.3) is 0 Å². The van der Waals surface area contributed by atoms with Gasteiger partial charge < -0.3 is 5.32 Å². The fourth-order valence-corrected chi connectivity index (χ4v) is 2.96. The molecule has 0 fully saturated rings. The van der Waals surface area contributed by atoms with Gasteiger partial charge in [0.15, 0.2) is 0 Å². The average Bonchev–Trinajstić information content (AvgIpc) is 2.80. The first-order valence-corrected chi connectivity index (χ1v) is 8.44. The molecular formula is C18H26N2S. The Hall–Kier alpha value is -1.19. The van der Waals surface area contributed by atoms with Crippen molar-refractivity contribution in [3.05, 3.63) is 51.5 Å². The average molecular weight is 302 g/mol. The number of hydrogen-bond acceptors (Lipinski definition) is 3. The summed E-state index contributed by atoms with van der Waals surface area (Å²) in [5, 5.41) is 6.98. The summed E-state index contributed by atoms with van der Waals surface area (Å²) < 4.78 is 0. The number of rotatable bonds is 5. The predicted octanol–water partition coefficient (Wildman–Crippen LogP) is 4.47. The molecule has 0 spiro atoms. The van der Waals surface area contributed by atoms with E-state index in [9.17, 15) is 0 Å². The first-order chi connectivity index (χ1) is 9.83. The van der Waals surface area contributed by atoms with Crippen molar-refractivity contribution >= 4 is 11.3 Å². The molecule has 1 unspecified atom stereocenters.